The molecule has 1 saturated carbocycles. The summed E-state index contributed by atoms with van der Waals surface area (Å²) in [6, 6.07) is 5.83. The number of hydrogen-bond donors (Lipinski definition) is 0. The second kappa shape index (κ2) is 5.57. The molecule has 1 aliphatic carbocycles. The number of benzene rings is 1. The zero-order chi connectivity index (χ0) is 13.1. The third kappa shape index (κ3) is 2.75. The Morgan fingerprint density at radius 1 is 1.61 bits per heavy atom. The van der Waals surface area contributed by atoms with E-state index in [0.717, 1.165) is 17.3 Å². The van der Waals surface area contributed by atoms with Crippen LogP contribution in [0.2, 0.25) is 0 Å². The molecule has 1 amide bonds. The van der Waals surface area contributed by atoms with E-state index >= 15 is 0 Å². The number of nitrogens with zero attached hydrogens (tertiary/aromatic N) is 1. The van der Waals surface area contributed by atoms with Crippen LogP contribution in [0.15, 0.2) is 35.3 Å². The van der Waals surface area contributed by atoms with Crippen LogP contribution in [-0.4, -0.2) is 30.5 Å². The highest BCUT2D eigenvalue weighted by atomic mass is 79.9. The number of ether oxygens (including phenoxy) is 1. The molecule has 4 heteroatoms. The van der Waals surface area contributed by atoms with Crippen LogP contribution in [0, 0.1) is 0 Å². The fourth-order valence-corrected chi connectivity index (χ4v) is 2.26. The molecular weight excluding hydrogens is 294 g/mol. The third-order valence-corrected chi connectivity index (χ3v) is 3.46. The zero-order valence-corrected chi connectivity index (χ0v) is 11.9. The predicted octanol–water partition coefficient (Wildman–Crippen LogP) is 3.25. The lowest BCUT2D eigenvalue weighted by molar-refractivity contribution is 0.0759. The first kappa shape index (κ1) is 13.1. The molecule has 0 bridgehead atoms. The minimum atomic E-state index is 0.0155. The normalized spacial score (nSPS) is 14.1. The lowest BCUT2D eigenvalue weighted by Crippen LogP contribution is -2.33. The van der Waals surface area contributed by atoms with Crippen LogP contribution in [0.1, 0.15) is 23.2 Å². The second-order valence-electron chi connectivity index (χ2n) is 4.32. The topological polar surface area (TPSA) is 29.5 Å². The first-order valence-electron chi connectivity index (χ1n) is 5.92. The quantitative estimate of drug-likeness (QED) is 0.781. The summed E-state index contributed by atoms with van der Waals surface area (Å²) >= 11 is 3.37. The van der Waals surface area contributed by atoms with Crippen molar-refractivity contribution >= 4 is 21.8 Å². The van der Waals surface area contributed by atoms with Crippen LogP contribution in [0.5, 0.6) is 5.75 Å². The van der Waals surface area contributed by atoms with Crippen molar-refractivity contribution in [1.82, 2.24) is 4.90 Å². The lowest BCUT2D eigenvalue weighted by atomic mass is 10.1. The number of halogens is 1. The van der Waals surface area contributed by atoms with Gasteiger partial charge in [-0.05, 0) is 31.0 Å². The molecule has 3 nitrogen and oxygen atoms in total. The highest BCUT2D eigenvalue weighted by Gasteiger charge is 2.33. The molecule has 0 unspecified atom stereocenters. The van der Waals surface area contributed by atoms with Gasteiger partial charge in [0.05, 0.1) is 12.7 Å². The van der Waals surface area contributed by atoms with Gasteiger partial charge in [-0.1, -0.05) is 22.0 Å². The van der Waals surface area contributed by atoms with Gasteiger partial charge in [0, 0.05) is 17.1 Å². The summed E-state index contributed by atoms with van der Waals surface area (Å²) in [7, 11) is 1.58. The van der Waals surface area contributed by atoms with Crippen molar-refractivity contribution in [3.63, 3.8) is 0 Å². The van der Waals surface area contributed by atoms with Crippen molar-refractivity contribution in [1.29, 1.82) is 0 Å². The molecule has 1 aromatic rings. The van der Waals surface area contributed by atoms with E-state index in [-0.39, 0.29) is 5.91 Å². The fourth-order valence-electron chi connectivity index (χ4n) is 1.92. The Bertz CT molecular complexity index is 469. The van der Waals surface area contributed by atoms with Gasteiger partial charge in [0.25, 0.3) is 5.91 Å². The van der Waals surface area contributed by atoms with Gasteiger partial charge >= 0.3 is 0 Å². The van der Waals surface area contributed by atoms with E-state index in [9.17, 15) is 4.79 Å². The molecule has 0 aromatic heterocycles. The summed E-state index contributed by atoms with van der Waals surface area (Å²) in [5.41, 5.74) is 0.606. The summed E-state index contributed by atoms with van der Waals surface area (Å²) in [5, 5.41) is 0. The monoisotopic (exact) mass is 309 g/mol. The van der Waals surface area contributed by atoms with Crippen LogP contribution in [-0.2, 0) is 0 Å². The van der Waals surface area contributed by atoms with Crippen LogP contribution < -0.4 is 4.74 Å². The molecule has 1 fully saturated rings. The van der Waals surface area contributed by atoms with Gasteiger partial charge in [-0.2, -0.15) is 0 Å². The maximum absolute atomic E-state index is 12.5. The number of carbonyl (C=O) groups excluding carboxylic acids is 1. The molecule has 0 saturated heterocycles. The van der Waals surface area contributed by atoms with E-state index in [0.29, 0.717) is 23.9 Å². The lowest BCUT2D eigenvalue weighted by Gasteiger charge is -2.21. The highest BCUT2D eigenvalue weighted by Crippen LogP contribution is 2.31. The standard InChI is InChI=1S/C14H16BrNO2/c1-3-8-16(11-5-6-11)14(17)12-7-4-10(15)9-13(12)18-2/h3-4,7,9,11H,1,5-6,8H2,2H3. The first-order valence-corrected chi connectivity index (χ1v) is 6.72. The summed E-state index contributed by atoms with van der Waals surface area (Å²) < 4.78 is 6.17. The van der Waals surface area contributed by atoms with Crippen LogP contribution in [0.25, 0.3) is 0 Å². The molecule has 0 heterocycles. The Kier molecular flexibility index (Phi) is 4.07. The SMILES string of the molecule is C=CCN(C(=O)c1ccc(Br)cc1OC)C1CC1. The Labute approximate surface area is 116 Å². The van der Waals surface area contributed by atoms with E-state index in [2.05, 4.69) is 22.5 Å². The van der Waals surface area contributed by atoms with Crippen molar-refractivity contribution in [2.45, 2.75) is 18.9 Å². The molecule has 18 heavy (non-hydrogen) atoms. The average molecular weight is 310 g/mol. The fraction of sp³-hybridized carbons (Fsp3) is 0.357. The van der Waals surface area contributed by atoms with Crippen molar-refractivity contribution in [2.75, 3.05) is 13.7 Å². The largest absolute Gasteiger partial charge is 0.496 e. The van der Waals surface area contributed by atoms with Crippen molar-refractivity contribution in [3.8, 4) is 5.75 Å². The maximum Gasteiger partial charge on any atom is 0.258 e. The molecule has 1 aliphatic rings. The molecule has 0 N–H and O–H groups in total. The van der Waals surface area contributed by atoms with Crippen LogP contribution in [0.3, 0.4) is 0 Å². The summed E-state index contributed by atoms with van der Waals surface area (Å²) in [4.78, 5) is 14.3. The maximum atomic E-state index is 12.5. The van der Waals surface area contributed by atoms with Gasteiger partial charge in [-0.15, -0.1) is 6.58 Å². The molecule has 1 aromatic carbocycles. The smallest absolute Gasteiger partial charge is 0.258 e. The molecule has 0 radical (unpaired) electrons. The molecule has 2 rings (SSSR count). The van der Waals surface area contributed by atoms with E-state index in [1.54, 1.807) is 19.3 Å². The summed E-state index contributed by atoms with van der Waals surface area (Å²) in [6.45, 7) is 4.30. The van der Waals surface area contributed by atoms with E-state index in [1.165, 1.54) is 0 Å². The van der Waals surface area contributed by atoms with Crippen LogP contribution >= 0.6 is 15.9 Å². The van der Waals surface area contributed by atoms with Crippen LogP contribution in [0.4, 0.5) is 0 Å². The minimum Gasteiger partial charge on any atom is -0.496 e. The molecule has 0 atom stereocenters. The zero-order valence-electron chi connectivity index (χ0n) is 10.4. The number of hydrogen-bond acceptors (Lipinski definition) is 2. The molecule has 0 spiro atoms. The Morgan fingerprint density at radius 2 is 2.33 bits per heavy atom. The first-order chi connectivity index (χ1) is 8.67. The highest BCUT2D eigenvalue weighted by molar-refractivity contribution is 9.10. The van der Waals surface area contributed by atoms with Crippen molar-refractivity contribution in [2.24, 2.45) is 0 Å². The molecule has 96 valence electrons. The minimum absolute atomic E-state index is 0.0155. The Hall–Kier alpha value is -1.29. The molecule has 0 aliphatic heterocycles. The summed E-state index contributed by atoms with van der Waals surface area (Å²) in [5.74, 6) is 0.617. The van der Waals surface area contributed by atoms with E-state index < -0.39 is 0 Å². The number of amides is 1. The van der Waals surface area contributed by atoms with Gasteiger partial charge in [0.1, 0.15) is 5.75 Å². The van der Waals surface area contributed by atoms with Crippen molar-refractivity contribution in [3.05, 3.63) is 40.9 Å². The van der Waals surface area contributed by atoms with E-state index in [4.69, 9.17) is 4.74 Å². The number of rotatable bonds is 5. The third-order valence-electron chi connectivity index (χ3n) is 2.97. The second-order valence-corrected chi connectivity index (χ2v) is 5.24. The number of carbonyl (C=O) groups is 1. The van der Waals surface area contributed by atoms with E-state index in [1.807, 2.05) is 17.0 Å². The predicted molar refractivity (Wildman–Crippen MR) is 74.9 cm³/mol. The Morgan fingerprint density at radius 3 is 2.89 bits per heavy atom. The van der Waals surface area contributed by atoms with Gasteiger partial charge in [0.15, 0.2) is 0 Å². The average Bonchev–Trinajstić information content (AvgIpc) is 3.19. The Balaban J connectivity index is 2.28. The number of methoxy groups -OCH3 is 1. The van der Waals surface area contributed by atoms with Gasteiger partial charge in [-0.25, -0.2) is 0 Å². The van der Waals surface area contributed by atoms with Gasteiger partial charge in [-0.3, -0.25) is 4.79 Å². The van der Waals surface area contributed by atoms with Gasteiger partial charge in [0.2, 0.25) is 0 Å². The van der Waals surface area contributed by atoms with Crippen molar-refractivity contribution < 1.29 is 9.53 Å². The molecular formula is C14H16BrNO2. The summed E-state index contributed by atoms with van der Waals surface area (Å²) in [6.07, 6.45) is 3.93. The van der Waals surface area contributed by atoms with Gasteiger partial charge < -0.3 is 9.64 Å².